The number of ether oxygens (including phenoxy) is 3. The van der Waals surface area contributed by atoms with Gasteiger partial charge in [0.1, 0.15) is 22.6 Å². The van der Waals surface area contributed by atoms with Crippen molar-refractivity contribution in [3.05, 3.63) is 53.6 Å². The van der Waals surface area contributed by atoms with Gasteiger partial charge in [-0.15, -0.1) is 4.91 Å². The van der Waals surface area contributed by atoms with E-state index in [4.69, 9.17) is 19.2 Å². The summed E-state index contributed by atoms with van der Waals surface area (Å²) in [6, 6.07) is 12.7. The van der Waals surface area contributed by atoms with Crippen LogP contribution in [0.1, 0.15) is 25.5 Å². The number of nitrogens with one attached hydrogen (secondary N) is 1. The molecular formula is C28H32N8O4. The number of hydrogen-bond donors (Lipinski definition) is 1. The molecule has 2 aliphatic heterocycles. The first-order valence-corrected chi connectivity index (χ1v) is 13.5. The molecule has 0 radical (unpaired) electrons. The minimum atomic E-state index is -0.221. The van der Waals surface area contributed by atoms with Gasteiger partial charge in [-0.05, 0) is 55.8 Å². The van der Waals surface area contributed by atoms with Crippen molar-refractivity contribution in [3.63, 3.8) is 0 Å². The Balaban J connectivity index is 1.36. The van der Waals surface area contributed by atoms with Gasteiger partial charge in [-0.1, -0.05) is 6.07 Å². The zero-order chi connectivity index (χ0) is 27.5. The van der Waals surface area contributed by atoms with Gasteiger partial charge in [-0.3, -0.25) is 0 Å². The fourth-order valence-electron chi connectivity index (χ4n) is 5.04. The van der Waals surface area contributed by atoms with Crippen molar-refractivity contribution >= 4 is 34.0 Å². The van der Waals surface area contributed by atoms with Crippen molar-refractivity contribution in [2.75, 3.05) is 57.2 Å². The van der Waals surface area contributed by atoms with E-state index in [1.165, 1.54) is 0 Å². The highest BCUT2D eigenvalue weighted by atomic mass is 16.5. The molecule has 0 aliphatic carbocycles. The maximum Gasteiger partial charge on any atom is 0.235 e. The molecule has 2 saturated heterocycles. The molecule has 0 saturated carbocycles. The quantitative estimate of drug-likeness (QED) is 0.296. The molecule has 4 heterocycles. The van der Waals surface area contributed by atoms with Gasteiger partial charge >= 0.3 is 0 Å². The highest BCUT2D eigenvalue weighted by Crippen LogP contribution is 2.36. The van der Waals surface area contributed by atoms with Crippen LogP contribution in [0.3, 0.4) is 0 Å². The molecule has 2 aromatic carbocycles. The molecule has 1 atom stereocenters. The molecule has 12 heteroatoms. The molecule has 40 heavy (non-hydrogen) atoms. The number of piperazine rings is 1. The van der Waals surface area contributed by atoms with Crippen molar-refractivity contribution < 1.29 is 14.2 Å². The van der Waals surface area contributed by atoms with Gasteiger partial charge in [0.2, 0.25) is 11.8 Å². The lowest BCUT2D eigenvalue weighted by Crippen LogP contribution is -2.44. The Kier molecular flexibility index (Phi) is 7.43. The second-order valence-corrected chi connectivity index (χ2v) is 9.99. The normalized spacial score (nSPS) is 18.1. The Morgan fingerprint density at radius 3 is 2.73 bits per heavy atom. The molecule has 2 aliphatic rings. The maximum absolute atomic E-state index is 11.1. The zero-order valence-electron chi connectivity index (χ0n) is 22.6. The molecule has 0 spiro atoms. The third kappa shape index (κ3) is 5.40. The van der Waals surface area contributed by atoms with Crippen molar-refractivity contribution in [3.8, 4) is 17.4 Å². The number of nitroso groups, excluding NO2 is 1. The van der Waals surface area contributed by atoms with Gasteiger partial charge in [0, 0.05) is 50.6 Å². The minimum Gasteiger partial charge on any atom is -0.494 e. The third-order valence-electron chi connectivity index (χ3n) is 7.28. The van der Waals surface area contributed by atoms with Gasteiger partial charge in [0.15, 0.2) is 11.9 Å². The summed E-state index contributed by atoms with van der Waals surface area (Å²) < 4.78 is 19.7. The Hall–Kier alpha value is -4.29. The average Bonchev–Trinajstić information content (AvgIpc) is 3.43. The zero-order valence-corrected chi connectivity index (χ0v) is 22.6. The number of aromatic nitrogens is 4. The standard InChI is InChI=1S/C28H32N8O4/c1-34-11-13-35(14-12-34)20-9-10-23(24(17-20)38-2)30-28-31-26-22(18-29-36(26)25-8-3-4-15-39-25)27(32-28)40-21-7-5-6-19(16-21)33-37/h5-7,9-10,16-18,25H,3-4,8,11-15H2,1-2H3,(H,30,31,32). The van der Waals surface area contributed by atoms with E-state index in [1.807, 2.05) is 12.1 Å². The van der Waals surface area contributed by atoms with Crippen LogP contribution < -0.4 is 19.7 Å². The summed E-state index contributed by atoms with van der Waals surface area (Å²) in [4.78, 5) is 25.3. The Bertz CT molecular complexity index is 1500. The first-order chi connectivity index (χ1) is 19.6. The number of fused-ring (bicyclic) bond motifs is 1. The summed E-state index contributed by atoms with van der Waals surface area (Å²) >= 11 is 0. The van der Waals surface area contributed by atoms with E-state index < -0.39 is 0 Å². The number of methoxy groups -OCH3 is 1. The van der Waals surface area contributed by atoms with Crippen molar-refractivity contribution in [1.82, 2.24) is 24.6 Å². The summed E-state index contributed by atoms with van der Waals surface area (Å²) in [5, 5.41) is 11.5. The number of nitrogens with zero attached hydrogens (tertiary/aromatic N) is 7. The molecule has 1 unspecified atom stereocenters. The Morgan fingerprint density at radius 2 is 1.95 bits per heavy atom. The van der Waals surface area contributed by atoms with E-state index in [0.717, 1.165) is 56.8 Å². The van der Waals surface area contributed by atoms with E-state index in [2.05, 4.69) is 43.5 Å². The maximum atomic E-state index is 11.1. The highest BCUT2D eigenvalue weighted by molar-refractivity contribution is 5.82. The largest absolute Gasteiger partial charge is 0.494 e. The Morgan fingerprint density at radius 1 is 1.07 bits per heavy atom. The molecule has 208 valence electrons. The molecule has 4 aromatic rings. The van der Waals surface area contributed by atoms with E-state index in [9.17, 15) is 4.91 Å². The molecule has 2 aromatic heterocycles. The molecule has 0 bridgehead atoms. The topological polar surface area (TPSA) is 119 Å². The lowest BCUT2D eigenvalue weighted by Gasteiger charge is -2.34. The van der Waals surface area contributed by atoms with E-state index >= 15 is 0 Å². The summed E-state index contributed by atoms with van der Waals surface area (Å²) in [5.41, 5.74) is 2.67. The van der Waals surface area contributed by atoms with Gasteiger partial charge in [0.25, 0.3) is 0 Å². The second-order valence-electron chi connectivity index (χ2n) is 9.99. The summed E-state index contributed by atoms with van der Waals surface area (Å²) in [6.07, 6.45) is 4.38. The highest BCUT2D eigenvalue weighted by Gasteiger charge is 2.23. The van der Waals surface area contributed by atoms with Crippen molar-refractivity contribution in [1.29, 1.82) is 0 Å². The van der Waals surface area contributed by atoms with Crippen molar-refractivity contribution in [2.45, 2.75) is 25.5 Å². The Labute approximate surface area is 231 Å². The van der Waals surface area contributed by atoms with Gasteiger partial charge in [-0.2, -0.15) is 15.1 Å². The number of anilines is 3. The van der Waals surface area contributed by atoms with Crippen LogP contribution in [0, 0.1) is 4.91 Å². The van der Waals surface area contributed by atoms with Crippen LogP contribution in [0.5, 0.6) is 17.4 Å². The average molecular weight is 545 g/mol. The molecule has 0 amide bonds. The predicted molar refractivity (Wildman–Crippen MR) is 152 cm³/mol. The van der Waals surface area contributed by atoms with Crippen LogP contribution in [-0.4, -0.2) is 71.6 Å². The van der Waals surface area contributed by atoms with Crippen molar-refractivity contribution in [2.24, 2.45) is 5.18 Å². The SMILES string of the molecule is COc1cc(N2CCN(C)CC2)ccc1Nc1nc(Oc2cccc(N=O)c2)c2cnn(C3CCCCO3)c2n1. The molecule has 12 nitrogen and oxygen atoms in total. The smallest absolute Gasteiger partial charge is 0.235 e. The van der Waals surface area contributed by atoms with Gasteiger partial charge in [0.05, 0.1) is 19.0 Å². The number of rotatable bonds is 8. The van der Waals surface area contributed by atoms with Crippen LogP contribution in [0.4, 0.5) is 23.0 Å². The molecule has 1 N–H and O–H groups in total. The fourth-order valence-corrected chi connectivity index (χ4v) is 5.04. The number of hydrogen-bond acceptors (Lipinski definition) is 11. The van der Waals surface area contributed by atoms with Crippen LogP contribution in [0.15, 0.2) is 53.8 Å². The first-order valence-electron chi connectivity index (χ1n) is 13.5. The van der Waals surface area contributed by atoms with Crippen LogP contribution in [0.2, 0.25) is 0 Å². The van der Waals surface area contributed by atoms with Gasteiger partial charge in [-0.25, -0.2) is 4.68 Å². The lowest BCUT2D eigenvalue weighted by molar-refractivity contribution is -0.0370. The summed E-state index contributed by atoms with van der Waals surface area (Å²) in [7, 11) is 3.79. The van der Waals surface area contributed by atoms with Crippen LogP contribution in [-0.2, 0) is 4.74 Å². The van der Waals surface area contributed by atoms with E-state index in [0.29, 0.717) is 41.0 Å². The summed E-state index contributed by atoms with van der Waals surface area (Å²) in [6.45, 7) is 4.63. The molecular weight excluding hydrogens is 512 g/mol. The van der Waals surface area contributed by atoms with E-state index in [-0.39, 0.29) is 11.9 Å². The minimum absolute atomic E-state index is 0.221. The fraction of sp³-hybridized carbons (Fsp3) is 0.393. The lowest BCUT2D eigenvalue weighted by atomic mass is 10.2. The predicted octanol–water partition coefficient (Wildman–Crippen LogP) is 5.22. The van der Waals surface area contributed by atoms with E-state index in [1.54, 1.807) is 42.3 Å². The van der Waals surface area contributed by atoms with Crippen LogP contribution >= 0.6 is 0 Å². The monoisotopic (exact) mass is 544 g/mol. The second kappa shape index (κ2) is 11.4. The summed E-state index contributed by atoms with van der Waals surface area (Å²) in [5.74, 6) is 1.72. The number of benzene rings is 2. The third-order valence-corrected chi connectivity index (χ3v) is 7.28. The van der Waals surface area contributed by atoms with Crippen LogP contribution in [0.25, 0.3) is 11.0 Å². The van der Waals surface area contributed by atoms with Gasteiger partial charge < -0.3 is 29.3 Å². The molecule has 6 rings (SSSR count). The first kappa shape index (κ1) is 26.0. The molecule has 2 fully saturated rings. The number of likely N-dealkylation sites (N-methyl/N-ethyl adjacent to an activating group) is 1.